The van der Waals surface area contributed by atoms with Gasteiger partial charge in [0.15, 0.2) is 0 Å². The number of nitrogens with zero attached hydrogens (tertiary/aromatic N) is 1. The average Bonchev–Trinajstić information content (AvgIpc) is 2.54. The molecule has 0 radical (unpaired) electrons. The number of hydrogen-bond donors (Lipinski definition) is 2. The third kappa shape index (κ3) is 4.26. The Balaban J connectivity index is 1.76. The lowest BCUT2D eigenvalue weighted by Crippen LogP contribution is -2.47. The number of carbonyl (C=O) groups excluding carboxylic acids is 2. The van der Waals surface area contributed by atoms with E-state index in [1.165, 1.54) is 0 Å². The van der Waals surface area contributed by atoms with E-state index in [9.17, 15) is 9.59 Å². The van der Waals surface area contributed by atoms with Gasteiger partial charge in [0, 0.05) is 23.2 Å². The molecular weight excluding hydrogens is 429 g/mol. The number of halogens is 3. The van der Waals surface area contributed by atoms with E-state index in [0.29, 0.717) is 34.4 Å². The molecule has 1 fully saturated rings. The van der Waals surface area contributed by atoms with Crippen molar-refractivity contribution in [3.8, 4) is 0 Å². The molecule has 0 bridgehead atoms. The third-order valence-electron chi connectivity index (χ3n) is 3.76. The molecule has 0 atom stereocenters. The molecule has 8 heteroatoms. The molecule has 130 valence electrons. The van der Waals surface area contributed by atoms with Gasteiger partial charge in [-0.2, -0.15) is 0 Å². The standard InChI is InChI=1S/C17H14BrCl2N3O2/c18-10-1-3-12(13(19)7-10)17(25)22-11-2-4-15(14(20)8-11)23-6-5-21-16(24)9-23/h1-4,7-8H,5-6,9H2,(H,21,24)(H,22,25). The molecule has 5 nitrogen and oxygen atoms in total. The Kier molecular flexibility index (Phi) is 5.51. The van der Waals surface area contributed by atoms with Crippen LogP contribution in [0.1, 0.15) is 10.4 Å². The van der Waals surface area contributed by atoms with Crippen molar-refractivity contribution >= 4 is 62.3 Å². The second-order valence-corrected chi connectivity index (χ2v) is 7.25. The number of benzene rings is 2. The van der Waals surface area contributed by atoms with Gasteiger partial charge < -0.3 is 15.5 Å². The molecule has 2 amide bonds. The van der Waals surface area contributed by atoms with Crippen molar-refractivity contribution in [1.82, 2.24) is 5.32 Å². The van der Waals surface area contributed by atoms with E-state index in [1.807, 2.05) is 4.90 Å². The maximum Gasteiger partial charge on any atom is 0.257 e. The number of amides is 2. The molecule has 2 N–H and O–H groups in total. The van der Waals surface area contributed by atoms with Crippen LogP contribution in [0.5, 0.6) is 0 Å². The number of nitrogens with one attached hydrogen (secondary N) is 2. The van der Waals surface area contributed by atoms with Crippen molar-refractivity contribution in [2.24, 2.45) is 0 Å². The zero-order valence-corrected chi connectivity index (χ0v) is 16.1. The summed E-state index contributed by atoms with van der Waals surface area (Å²) in [7, 11) is 0. The Morgan fingerprint density at radius 3 is 2.64 bits per heavy atom. The van der Waals surface area contributed by atoms with E-state index >= 15 is 0 Å². The van der Waals surface area contributed by atoms with Crippen LogP contribution in [0.15, 0.2) is 40.9 Å². The molecule has 1 heterocycles. The van der Waals surface area contributed by atoms with Crippen molar-refractivity contribution in [2.45, 2.75) is 0 Å². The Morgan fingerprint density at radius 2 is 1.96 bits per heavy atom. The maximum absolute atomic E-state index is 12.4. The zero-order valence-electron chi connectivity index (χ0n) is 13.0. The van der Waals surface area contributed by atoms with Gasteiger partial charge in [0.1, 0.15) is 0 Å². The van der Waals surface area contributed by atoms with Crippen LogP contribution < -0.4 is 15.5 Å². The molecule has 1 aliphatic heterocycles. The summed E-state index contributed by atoms with van der Waals surface area (Å²) in [5.41, 5.74) is 1.69. The molecule has 2 aromatic rings. The lowest BCUT2D eigenvalue weighted by molar-refractivity contribution is -0.120. The minimum Gasteiger partial charge on any atom is -0.359 e. The summed E-state index contributed by atoms with van der Waals surface area (Å²) in [5.74, 6) is -0.358. The molecule has 0 spiro atoms. The van der Waals surface area contributed by atoms with Gasteiger partial charge in [-0.3, -0.25) is 9.59 Å². The van der Waals surface area contributed by atoms with Gasteiger partial charge in [-0.25, -0.2) is 0 Å². The first-order valence-corrected chi connectivity index (χ1v) is 9.06. The minimum atomic E-state index is -0.321. The van der Waals surface area contributed by atoms with Crippen molar-refractivity contribution in [2.75, 3.05) is 29.9 Å². The molecule has 0 saturated carbocycles. The van der Waals surface area contributed by atoms with Crippen LogP contribution in [0.25, 0.3) is 0 Å². The van der Waals surface area contributed by atoms with Gasteiger partial charge in [-0.05, 0) is 36.4 Å². The fourth-order valence-electron chi connectivity index (χ4n) is 2.56. The molecule has 1 aliphatic rings. The van der Waals surface area contributed by atoms with Crippen LogP contribution in [0.2, 0.25) is 10.0 Å². The van der Waals surface area contributed by atoms with Gasteiger partial charge in [0.05, 0.1) is 27.8 Å². The quantitative estimate of drug-likeness (QED) is 0.756. The molecule has 25 heavy (non-hydrogen) atoms. The van der Waals surface area contributed by atoms with E-state index in [2.05, 4.69) is 26.6 Å². The normalized spacial score (nSPS) is 14.2. The number of anilines is 2. The number of rotatable bonds is 3. The highest BCUT2D eigenvalue weighted by Gasteiger charge is 2.19. The second-order valence-electron chi connectivity index (χ2n) is 5.52. The highest BCUT2D eigenvalue weighted by molar-refractivity contribution is 9.10. The predicted octanol–water partition coefficient (Wildman–Crippen LogP) is 3.94. The molecule has 1 saturated heterocycles. The van der Waals surface area contributed by atoms with Gasteiger partial charge in [-0.15, -0.1) is 0 Å². The highest BCUT2D eigenvalue weighted by atomic mass is 79.9. The third-order valence-corrected chi connectivity index (χ3v) is 4.87. The smallest absolute Gasteiger partial charge is 0.257 e. The first kappa shape index (κ1) is 18.0. The van der Waals surface area contributed by atoms with Gasteiger partial charge in [-0.1, -0.05) is 39.1 Å². The fourth-order valence-corrected chi connectivity index (χ4v) is 3.62. The van der Waals surface area contributed by atoms with Crippen LogP contribution in [0.4, 0.5) is 11.4 Å². The number of hydrogen-bond acceptors (Lipinski definition) is 3. The summed E-state index contributed by atoms with van der Waals surface area (Å²) < 4.78 is 0.798. The molecule has 0 aromatic heterocycles. The van der Waals surface area contributed by atoms with Crippen molar-refractivity contribution in [3.05, 3.63) is 56.5 Å². The Morgan fingerprint density at radius 1 is 1.16 bits per heavy atom. The summed E-state index contributed by atoms with van der Waals surface area (Å²) in [6.07, 6.45) is 0. The first-order chi connectivity index (χ1) is 11.9. The topological polar surface area (TPSA) is 61.4 Å². The fraction of sp³-hybridized carbons (Fsp3) is 0.176. The molecule has 0 unspecified atom stereocenters. The minimum absolute atomic E-state index is 0.0374. The van der Waals surface area contributed by atoms with Crippen LogP contribution >= 0.6 is 39.1 Å². The van der Waals surface area contributed by atoms with Crippen LogP contribution in [0, 0.1) is 0 Å². The van der Waals surface area contributed by atoms with Gasteiger partial charge in [0.2, 0.25) is 5.91 Å². The Labute approximate surface area is 163 Å². The zero-order chi connectivity index (χ0) is 18.0. The summed E-state index contributed by atoms with van der Waals surface area (Å²) >= 11 is 15.7. The van der Waals surface area contributed by atoms with Gasteiger partial charge in [0.25, 0.3) is 5.91 Å². The van der Waals surface area contributed by atoms with E-state index in [0.717, 1.165) is 10.2 Å². The van der Waals surface area contributed by atoms with Crippen molar-refractivity contribution in [3.63, 3.8) is 0 Å². The summed E-state index contributed by atoms with van der Waals surface area (Å²) in [4.78, 5) is 25.8. The van der Waals surface area contributed by atoms with E-state index < -0.39 is 0 Å². The van der Waals surface area contributed by atoms with Crippen LogP contribution in [0.3, 0.4) is 0 Å². The summed E-state index contributed by atoms with van der Waals surface area (Å²) in [6.45, 7) is 1.53. The largest absolute Gasteiger partial charge is 0.359 e. The number of carbonyl (C=O) groups is 2. The lowest BCUT2D eigenvalue weighted by atomic mass is 10.2. The lowest BCUT2D eigenvalue weighted by Gasteiger charge is -2.29. The van der Waals surface area contributed by atoms with Crippen LogP contribution in [-0.2, 0) is 4.79 Å². The van der Waals surface area contributed by atoms with Crippen molar-refractivity contribution < 1.29 is 9.59 Å². The van der Waals surface area contributed by atoms with Gasteiger partial charge >= 0.3 is 0 Å². The molecule has 2 aromatic carbocycles. The Hall–Kier alpha value is -1.76. The SMILES string of the molecule is O=C1CN(c2ccc(NC(=O)c3ccc(Br)cc3Cl)cc2Cl)CCN1. The van der Waals surface area contributed by atoms with E-state index in [1.54, 1.807) is 36.4 Å². The molecule has 3 rings (SSSR count). The Bertz CT molecular complexity index is 845. The van der Waals surface area contributed by atoms with E-state index in [4.69, 9.17) is 23.2 Å². The molecular formula is C17H14BrCl2N3O2. The second kappa shape index (κ2) is 7.64. The monoisotopic (exact) mass is 441 g/mol. The molecule has 0 aliphatic carbocycles. The summed E-state index contributed by atoms with van der Waals surface area (Å²) in [6, 6.07) is 10.3. The predicted molar refractivity (Wildman–Crippen MR) is 104 cm³/mol. The first-order valence-electron chi connectivity index (χ1n) is 7.51. The van der Waals surface area contributed by atoms with Crippen LogP contribution in [-0.4, -0.2) is 31.4 Å². The summed E-state index contributed by atoms with van der Waals surface area (Å²) in [5, 5.41) is 6.37. The van der Waals surface area contributed by atoms with Crippen molar-refractivity contribution in [1.29, 1.82) is 0 Å². The van der Waals surface area contributed by atoms with E-state index in [-0.39, 0.29) is 18.4 Å². The maximum atomic E-state index is 12.4. The number of piperazine rings is 1. The highest BCUT2D eigenvalue weighted by Crippen LogP contribution is 2.30. The average molecular weight is 443 g/mol.